The fourth-order valence-corrected chi connectivity index (χ4v) is 3.24. The molecule has 2 aromatic heterocycles. The average Bonchev–Trinajstić information content (AvgIpc) is 2.67. The van der Waals surface area contributed by atoms with Crippen molar-refractivity contribution in [2.24, 2.45) is 0 Å². The molecule has 0 spiro atoms. The maximum Gasteiger partial charge on any atom is 0.319 e. The number of aryl methyl sites for hydroxylation is 1. The van der Waals surface area contributed by atoms with E-state index >= 15 is 0 Å². The summed E-state index contributed by atoms with van der Waals surface area (Å²) in [5.74, 6) is -0.268. The summed E-state index contributed by atoms with van der Waals surface area (Å²) in [4.78, 5) is 40.6. The zero-order chi connectivity index (χ0) is 20.1. The summed E-state index contributed by atoms with van der Waals surface area (Å²) in [5.41, 5.74) is 2.51. The summed E-state index contributed by atoms with van der Waals surface area (Å²) in [6.45, 7) is 4.50. The molecule has 3 rings (SSSR count). The van der Waals surface area contributed by atoms with Crippen molar-refractivity contribution in [1.29, 1.82) is 0 Å². The number of allylic oxidation sites excluding steroid dienone is 1. The van der Waals surface area contributed by atoms with Gasteiger partial charge in [-0.05, 0) is 38.0 Å². The molecule has 2 aromatic rings. The van der Waals surface area contributed by atoms with Crippen LogP contribution in [0.15, 0.2) is 58.8 Å². The zero-order valence-corrected chi connectivity index (χ0v) is 15.9. The van der Waals surface area contributed by atoms with Gasteiger partial charge in [-0.1, -0.05) is 12.1 Å². The van der Waals surface area contributed by atoms with Crippen molar-refractivity contribution in [3.63, 3.8) is 0 Å². The third-order valence-corrected chi connectivity index (χ3v) is 4.64. The highest BCUT2D eigenvalue weighted by Gasteiger charge is 2.30. The number of carbonyl (C=O) groups is 2. The number of nitrogens with zero attached hydrogens (tertiary/aromatic N) is 2. The number of nitrogens with one attached hydrogen (secondary N) is 3. The van der Waals surface area contributed by atoms with Crippen molar-refractivity contribution < 1.29 is 9.59 Å². The minimum atomic E-state index is -0.568. The number of rotatable bonds is 6. The Bertz CT molecular complexity index is 965. The maximum absolute atomic E-state index is 12.8. The third-order valence-electron chi connectivity index (χ3n) is 4.64. The molecule has 0 aromatic carbocycles. The molecule has 0 saturated carbocycles. The monoisotopic (exact) mass is 381 g/mol. The fourth-order valence-electron chi connectivity index (χ4n) is 3.24. The van der Waals surface area contributed by atoms with Crippen LogP contribution in [0.5, 0.6) is 0 Å². The van der Waals surface area contributed by atoms with E-state index in [1.54, 1.807) is 36.0 Å². The molecule has 146 valence electrons. The second kappa shape index (κ2) is 8.51. The van der Waals surface area contributed by atoms with Gasteiger partial charge in [0.15, 0.2) is 0 Å². The van der Waals surface area contributed by atoms with Gasteiger partial charge in [0.1, 0.15) is 0 Å². The Labute approximate surface area is 162 Å². The zero-order valence-electron chi connectivity index (χ0n) is 15.9. The predicted molar refractivity (Wildman–Crippen MR) is 104 cm³/mol. The molecule has 0 saturated heterocycles. The fraction of sp³-hybridized carbons (Fsp3) is 0.300. The first-order valence-corrected chi connectivity index (χ1v) is 9.10. The number of aromatic nitrogens is 2. The van der Waals surface area contributed by atoms with Crippen LogP contribution in [0.3, 0.4) is 0 Å². The molecule has 1 aliphatic rings. The minimum absolute atomic E-state index is 0.0549. The van der Waals surface area contributed by atoms with Crippen molar-refractivity contribution in [2.75, 3.05) is 6.54 Å². The van der Waals surface area contributed by atoms with Crippen molar-refractivity contribution in [1.82, 2.24) is 25.5 Å². The largest absolute Gasteiger partial charge is 0.352 e. The summed E-state index contributed by atoms with van der Waals surface area (Å²) in [7, 11) is 0. The molecular formula is C20H23N5O3. The van der Waals surface area contributed by atoms with Crippen molar-refractivity contribution in [3.05, 3.63) is 75.6 Å². The molecule has 0 aliphatic carbocycles. The van der Waals surface area contributed by atoms with Gasteiger partial charge < -0.3 is 20.5 Å². The van der Waals surface area contributed by atoms with Crippen molar-refractivity contribution in [2.45, 2.75) is 32.9 Å². The molecular weight excluding hydrogens is 358 g/mol. The lowest BCUT2D eigenvalue weighted by Gasteiger charge is -2.28. The second-order valence-electron chi connectivity index (χ2n) is 6.62. The first-order chi connectivity index (χ1) is 13.5. The third kappa shape index (κ3) is 4.28. The van der Waals surface area contributed by atoms with E-state index < -0.39 is 6.04 Å². The molecule has 1 aliphatic heterocycles. The highest BCUT2D eigenvalue weighted by molar-refractivity contribution is 5.98. The Kier molecular flexibility index (Phi) is 5.88. The van der Waals surface area contributed by atoms with Gasteiger partial charge in [0.05, 0.1) is 11.6 Å². The lowest BCUT2D eigenvalue weighted by molar-refractivity contribution is -0.117. The number of amides is 3. The van der Waals surface area contributed by atoms with E-state index in [2.05, 4.69) is 20.9 Å². The van der Waals surface area contributed by atoms with Gasteiger partial charge in [-0.3, -0.25) is 14.6 Å². The van der Waals surface area contributed by atoms with E-state index in [4.69, 9.17) is 0 Å². The summed E-state index contributed by atoms with van der Waals surface area (Å²) in [6.07, 6.45) is 3.87. The van der Waals surface area contributed by atoms with Gasteiger partial charge in [0, 0.05) is 42.9 Å². The van der Waals surface area contributed by atoms with E-state index in [0.717, 1.165) is 11.3 Å². The Morgan fingerprint density at radius 1 is 1.21 bits per heavy atom. The molecule has 3 N–H and O–H groups in total. The van der Waals surface area contributed by atoms with Crippen molar-refractivity contribution >= 4 is 11.9 Å². The van der Waals surface area contributed by atoms with Crippen LogP contribution < -0.4 is 21.5 Å². The smallest absolute Gasteiger partial charge is 0.319 e. The van der Waals surface area contributed by atoms with Crippen LogP contribution in [0, 0.1) is 6.92 Å². The van der Waals surface area contributed by atoms with E-state index in [-0.39, 0.29) is 17.5 Å². The summed E-state index contributed by atoms with van der Waals surface area (Å²) >= 11 is 0. The van der Waals surface area contributed by atoms with Gasteiger partial charge in [-0.25, -0.2) is 4.79 Å². The number of urea groups is 1. The first-order valence-electron chi connectivity index (χ1n) is 9.10. The number of hydrogen-bond donors (Lipinski definition) is 3. The van der Waals surface area contributed by atoms with E-state index in [0.29, 0.717) is 30.8 Å². The highest BCUT2D eigenvalue weighted by atomic mass is 16.2. The van der Waals surface area contributed by atoms with Gasteiger partial charge >= 0.3 is 6.03 Å². The predicted octanol–water partition coefficient (Wildman–Crippen LogP) is 1.39. The second-order valence-corrected chi connectivity index (χ2v) is 6.62. The highest BCUT2D eigenvalue weighted by Crippen LogP contribution is 2.25. The molecule has 8 heteroatoms. The summed E-state index contributed by atoms with van der Waals surface area (Å²) < 4.78 is 1.68. The Morgan fingerprint density at radius 3 is 2.75 bits per heavy atom. The molecule has 28 heavy (non-hydrogen) atoms. The first kappa shape index (κ1) is 19.3. The normalized spacial score (nSPS) is 16.4. The van der Waals surface area contributed by atoms with Gasteiger partial charge in [-0.15, -0.1) is 0 Å². The molecule has 0 fully saturated rings. The average molecular weight is 381 g/mol. The molecule has 1 atom stereocenters. The Morgan fingerprint density at radius 2 is 2.04 bits per heavy atom. The molecule has 3 heterocycles. The van der Waals surface area contributed by atoms with E-state index in [1.165, 1.54) is 6.07 Å². The van der Waals surface area contributed by atoms with Gasteiger partial charge in [0.25, 0.3) is 11.5 Å². The van der Waals surface area contributed by atoms with Crippen LogP contribution in [-0.2, 0) is 11.3 Å². The number of hydrogen-bond acceptors (Lipinski definition) is 4. The van der Waals surface area contributed by atoms with Crippen LogP contribution in [0.25, 0.3) is 0 Å². The molecule has 0 bridgehead atoms. The maximum atomic E-state index is 12.8. The SMILES string of the molecule is CC1=C(C(=O)NCCCn2c(C)cccc2=O)[C@H](c2cccnc2)NC(=O)N1. The van der Waals surface area contributed by atoms with E-state index in [1.807, 2.05) is 19.1 Å². The quantitative estimate of drug-likeness (QED) is 0.658. The minimum Gasteiger partial charge on any atom is -0.352 e. The molecule has 0 radical (unpaired) electrons. The Hall–Kier alpha value is -3.42. The number of carbonyl (C=O) groups excluding carboxylic acids is 2. The van der Waals surface area contributed by atoms with E-state index in [9.17, 15) is 14.4 Å². The topological polar surface area (TPSA) is 105 Å². The van der Waals surface area contributed by atoms with Crippen LogP contribution in [0.2, 0.25) is 0 Å². The molecule has 0 unspecified atom stereocenters. The van der Waals surface area contributed by atoms with Crippen molar-refractivity contribution in [3.8, 4) is 0 Å². The standard InChI is InChI=1S/C20H23N5O3/c1-13-6-3-8-16(26)25(13)11-5-10-22-19(27)17-14(2)23-20(28)24-18(17)15-7-4-9-21-12-15/h3-4,6-9,12,18H,5,10-11H2,1-2H3,(H,22,27)(H2,23,24,28)/t18-/m0/s1. The summed E-state index contributed by atoms with van der Waals surface area (Å²) in [6, 6.07) is 7.78. The molecule has 3 amide bonds. The number of pyridine rings is 2. The van der Waals surface area contributed by atoms with Crippen LogP contribution in [0.4, 0.5) is 4.79 Å². The lowest BCUT2D eigenvalue weighted by atomic mass is 9.96. The summed E-state index contributed by atoms with van der Waals surface area (Å²) in [5, 5.41) is 8.30. The van der Waals surface area contributed by atoms with Gasteiger partial charge in [0.2, 0.25) is 0 Å². The molecule has 8 nitrogen and oxygen atoms in total. The Balaban J connectivity index is 1.67. The van der Waals surface area contributed by atoms with Crippen LogP contribution in [0.1, 0.15) is 30.6 Å². The van der Waals surface area contributed by atoms with Crippen LogP contribution >= 0.6 is 0 Å². The van der Waals surface area contributed by atoms with Gasteiger partial charge in [-0.2, -0.15) is 0 Å². The lowest BCUT2D eigenvalue weighted by Crippen LogP contribution is -2.47. The van der Waals surface area contributed by atoms with Crippen LogP contribution in [-0.4, -0.2) is 28.0 Å².